The van der Waals surface area contributed by atoms with E-state index in [1.54, 1.807) is 0 Å². The van der Waals surface area contributed by atoms with Crippen LogP contribution in [0, 0.1) is 0 Å². The fraction of sp³-hybridized carbons (Fsp3) is 0.263. The molecule has 0 radical (unpaired) electrons. The first kappa shape index (κ1) is 13.9. The molecule has 2 nitrogen and oxygen atoms in total. The van der Waals surface area contributed by atoms with Gasteiger partial charge in [-0.05, 0) is 29.7 Å². The number of ether oxygens (including phenoxy) is 1. The molecule has 1 atom stereocenters. The number of hydrogen-bond acceptors (Lipinski definition) is 2. The SMILES string of the molecule is C=CCC1OCCN(c2ccccc2)Cc2ccccc21. The van der Waals surface area contributed by atoms with Gasteiger partial charge in [-0.2, -0.15) is 0 Å². The standard InChI is InChI=1S/C19H21NO/c1-2-8-19-18-12-7-6-9-16(18)15-20(13-14-21-19)17-10-4-3-5-11-17/h2-7,9-12,19H,1,8,13-15H2. The molecule has 1 aliphatic rings. The lowest BCUT2D eigenvalue weighted by Crippen LogP contribution is -2.30. The van der Waals surface area contributed by atoms with Crippen LogP contribution in [0.4, 0.5) is 5.69 Å². The molecule has 0 spiro atoms. The Morgan fingerprint density at radius 1 is 1.10 bits per heavy atom. The van der Waals surface area contributed by atoms with E-state index in [9.17, 15) is 0 Å². The molecule has 2 aromatic rings. The van der Waals surface area contributed by atoms with Crippen LogP contribution in [0.25, 0.3) is 0 Å². The quantitative estimate of drug-likeness (QED) is 0.775. The van der Waals surface area contributed by atoms with E-state index in [4.69, 9.17) is 4.74 Å². The zero-order valence-corrected chi connectivity index (χ0v) is 12.2. The highest BCUT2D eigenvalue weighted by Crippen LogP contribution is 2.29. The number of nitrogens with zero attached hydrogens (tertiary/aromatic N) is 1. The maximum absolute atomic E-state index is 6.09. The molecule has 1 unspecified atom stereocenters. The van der Waals surface area contributed by atoms with Crippen LogP contribution in [0.5, 0.6) is 0 Å². The highest BCUT2D eigenvalue weighted by atomic mass is 16.5. The lowest BCUT2D eigenvalue weighted by Gasteiger charge is -2.31. The molecule has 0 saturated heterocycles. The van der Waals surface area contributed by atoms with Gasteiger partial charge in [-0.15, -0.1) is 6.58 Å². The Morgan fingerprint density at radius 3 is 2.67 bits per heavy atom. The van der Waals surface area contributed by atoms with Crippen LogP contribution in [0.15, 0.2) is 67.3 Å². The maximum Gasteiger partial charge on any atom is 0.0863 e. The van der Waals surface area contributed by atoms with Crippen molar-refractivity contribution in [2.75, 3.05) is 18.1 Å². The largest absolute Gasteiger partial charge is 0.371 e. The molecule has 108 valence electrons. The van der Waals surface area contributed by atoms with E-state index in [1.807, 2.05) is 6.08 Å². The summed E-state index contributed by atoms with van der Waals surface area (Å²) in [6.07, 6.45) is 2.94. The van der Waals surface area contributed by atoms with Gasteiger partial charge in [0.2, 0.25) is 0 Å². The van der Waals surface area contributed by atoms with Crippen molar-refractivity contribution in [2.24, 2.45) is 0 Å². The predicted molar refractivity (Wildman–Crippen MR) is 87.4 cm³/mol. The van der Waals surface area contributed by atoms with Crippen molar-refractivity contribution in [3.63, 3.8) is 0 Å². The third-order valence-electron chi connectivity index (χ3n) is 3.95. The van der Waals surface area contributed by atoms with Crippen LogP contribution < -0.4 is 4.90 Å². The highest BCUT2D eigenvalue weighted by Gasteiger charge is 2.20. The van der Waals surface area contributed by atoms with E-state index in [-0.39, 0.29) is 6.10 Å². The predicted octanol–water partition coefficient (Wildman–Crippen LogP) is 4.34. The number of rotatable bonds is 3. The fourth-order valence-electron chi connectivity index (χ4n) is 2.88. The van der Waals surface area contributed by atoms with E-state index >= 15 is 0 Å². The van der Waals surface area contributed by atoms with Gasteiger partial charge in [-0.1, -0.05) is 48.5 Å². The van der Waals surface area contributed by atoms with Crippen molar-refractivity contribution in [3.05, 3.63) is 78.4 Å². The van der Waals surface area contributed by atoms with Crippen molar-refractivity contribution in [1.82, 2.24) is 0 Å². The van der Waals surface area contributed by atoms with Crippen LogP contribution in [-0.4, -0.2) is 13.2 Å². The second-order valence-electron chi connectivity index (χ2n) is 5.34. The Balaban J connectivity index is 1.92. The van der Waals surface area contributed by atoms with Gasteiger partial charge in [0.1, 0.15) is 0 Å². The number of hydrogen-bond donors (Lipinski definition) is 0. The van der Waals surface area contributed by atoms with Crippen LogP contribution in [-0.2, 0) is 11.3 Å². The van der Waals surface area contributed by atoms with Gasteiger partial charge in [-0.25, -0.2) is 0 Å². The Morgan fingerprint density at radius 2 is 1.86 bits per heavy atom. The second kappa shape index (κ2) is 6.59. The van der Waals surface area contributed by atoms with Gasteiger partial charge < -0.3 is 9.64 Å². The van der Waals surface area contributed by atoms with Crippen molar-refractivity contribution in [2.45, 2.75) is 19.1 Å². The Kier molecular flexibility index (Phi) is 4.37. The van der Waals surface area contributed by atoms with Crippen LogP contribution in [0.1, 0.15) is 23.7 Å². The van der Waals surface area contributed by atoms with Gasteiger partial charge in [-0.3, -0.25) is 0 Å². The molecule has 0 amide bonds. The monoisotopic (exact) mass is 279 g/mol. The molecule has 0 saturated carbocycles. The molecule has 0 aromatic heterocycles. The van der Waals surface area contributed by atoms with Gasteiger partial charge in [0.15, 0.2) is 0 Å². The van der Waals surface area contributed by atoms with Crippen molar-refractivity contribution >= 4 is 5.69 Å². The highest BCUT2D eigenvalue weighted by molar-refractivity contribution is 5.47. The van der Waals surface area contributed by atoms with E-state index in [0.29, 0.717) is 0 Å². The zero-order chi connectivity index (χ0) is 14.5. The normalized spacial score (nSPS) is 18.5. The minimum Gasteiger partial charge on any atom is -0.371 e. The molecule has 1 heterocycles. The summed E-state index contributed by atoms with van der Waals surface area (Å²) >= 11 is 0. The van der Waals surface area contributed by atoms with E-state index in [1.165, 1.54) is 16.8 Å². The summed E-state index contributed by atoms with van der Waals surface area (Å²) in [6.45, 7) is 6.43. The minimum atomic E-state index is 0.136. The van der Waals surface area contributed by atoms with Gasteiger partial charge in [0.05, 0.1) is 12.7 Å². The molecule has 0 N–H and O–H groups in total. The lowest BCUT2D eigenvalue weighted by atomic mass is 9.98. The molecule has 21 heavy (non-hydrogen) atoms. The molecular weight excluding hydrogens is 258 g/mol. The van der Waals surface area contributed by atoms with Crippen LogP contribution in [0.3, 0.4) is 0 Å². The van der Waals surface area contributed by atoms with E-state index in [2.05, 4.69) is 66.1 Å². The molecule has 1 aliphatic heterocycles. The van der Waals surface area contributed by atoms with E-state index < -0.39 is 0 Å². The number of benzene rings is 2. The van der Waals surface area contributed by atoms with Gasteiger partial charge in [0.25, 0.3) is 0 Å². The Labute approximate surface area is 126 Å². The fourth-order valence-corrected chi connectivity index (χ4v) is 2.88. The van der Waals surface area contributed by atoms with Crippen molar-refractivity contribution in [3.8, 4) is 0 Å². The second-order valence-corrected chi connectivity index (χ2v) is 5.34. The topological polar surface area (TPSA) is 12.5 Å². The molecule has 2 aromatic carbocycles. The average Bonchev–Trinajstić information content (AvgIpc) is 2.52. The molecule has 2 heteroatoms. The first-order valence-electron chi connectivity index (χ1n) is 7.49. The number of fused-ring (bicyclic) bond motifs is 1. The Bertz CT molecular complexity index is 594. The van der Waals surface area contributed by atoms with Crippen molar-refractivity contribution in [1.29, 1.82) is 0 Å². The summed E-state index contributed by atoms with van der Waals surface area (Å²) in [6, 6.07) is 19.1. The summed E-state index contributed by atoms with van der Waals surface area (Å²) in [5.74, 6) is 0. The first-order valence-corrected chi connectivity index (χ1v) is 7.49. The maximum atomic E-state index is 6.09. The zero-order valence-electron chi connectivity index (χ0n) is 12.2. The van der Waals surface area contributed by atoms with Crippen LogP contribution in [0.2, 0.25) is 0 Å². The third kappa shape index (κ3) is 3.17. The third-order valence-corrected chi connectivity index (χ3v) is 3.95. The first-order chi connectivity index (χ1) is 10.4. The smallest absolute Gasteiger partial charge is 0.0863 e. The molecule has 0 bridgehead atoms. The van der Waals surface area contributed by atoms with Gasteiger partial charge in [0, 0.05) is 18.8 Å². The summed E-state index contributed by atoms with van der Waals surface area (Å²) in [4.78, 5) is 2.38. The Hall–Kier alpha value is -2.06. The summed E-state index contributed by atoms with van der Waals surface area (Å²) in [7, 11) is 0. The summed E-state index contributed by atoms with van der Waals surface area (Å²) < 4.78 is 6.09. The molecular formula is C19H21NO. The summed E-state index contributed by atoms with van der Waals surface area (Å²) in [5, 5.41) is 0. The molecule has 0 aliphatic carbocycles. The van der Waals surface area contributed by atoms with Gasteiger partial charge >= 0.3 is 0 Å². The molecule has 3 rings (SSSR count). The summed E-state index contributed by atoms with van der Waals surface area (Å²) in [5.41, 5.74) is 3.88. The molecule has 0 fully saturated rings. The van der Waals surface area contributed by atoms with Crippen LogP contribution >= 0.6 is 0 Å². The number of anilines is 1. The lowest BCUT2D eigenvalue weighted by molar-refractivity contribution is 0.0561. The van der Waals surface area contributed by atoms with Crippen molar-refractivity contribution < 1.29 is 4.74 Å². The number of para-hydroxylation sites is 1. The van der Waals surface area contributed by atoms with E-state index in [0.717, 1.165) is 26.1 Å². The minimum absolute atomic E-state index is 0.136. The average molecular weight is 279 g/mol.